The van der Waals surface area contributed by atoms with Gasteiger partial charge >= 0.3 is 0 Å². The van der Waals surface area contributed by atoms with E-state index >= 15 is 0 Å². The molecule has 1 aromatic heterocycles. The van der Waals surface area contributed by atoms with E-state index in [4.69, 9.17) is 9.72 Å². The van der Waals surface area contributed by atoms with Gasteiger partial charge in [0.05, 0.1) is 17.3 Å². The van der Waals surface area contributed by atoms with Crippen molar-refractivity contribution in [1.29, 1.82) is 0 Å². The van der Waals surface area contributed by atoms with E-state index in [1.54, 1.807) is 4.90 Å². The highest BCUT2D eigenvalue weighted by atomic mass is 16.5. The lowest BCUT2D eigenvalue weighted by Gasteiger charge is -2.18. The van der Waals surface area contributed by atoms with Crippen molar-refractivity contribution in [1.82, 2.24) is 9.88 Å². The van der Waals surface area contributed by atoms with Gasteiger partial charge in [-0.25, -0.2) is 4.98 Å². The molecule has 4 rings (SSSR count). The zero-order valence-electron chi connectivity index (χ0n) is 16.3. The van der Waals surface area contributed by atoms with Crippen molar-refractivity contribution in [3.63, 3.8) is 0 Å². The highest BCUT2D eigenvalue weighted by Crippen LogP contribution is 2.22. The SMILES string of the molecule is CN(CCC[C@@H]1CCCO1)C(=O)c1ccc(-c2ccc3ccccc3n2)cc1. The van der Waals surface area contributed by atoms with E-state index in [0.29, 0.717) is 11.7 Å². The van der Waals surface area contributed by atoms with Gasteiger partial charge in [0.25, 0.3) is 5.91 Å². The van der Waals surface area contributed by atoms with Crippen LogP contribution in [0.25, 0.3) is 22.2 Å². The summed E-state index contributed by atoms with van der Waals surface area (Å²) in [6.07, 6.45) is 4.72. The molecule has 3 aromatic rings. The Balaban J connectivity index is 1.39. The van der Waals surface area contributed by atoms with Gasteiger partial charge in [0.1, 0.15) is 0 Å². The van der Waals surface area contributed by atoms with Crippen molar-refractivity contribution < 1.29 is 9.53 Å². The van der Waals surface area contributed by atoms with Gasteiger partial charge in [0, 0.05) is 36.7 Å². The smallest absolute Gasteiger partial charge is 0.253 e. The zero-order chi connectivity index (χ0) is 19.3. The molecular weight excluding hydrogens is 348 g/mol. The van der Waals surface area contributed by atoms with Crippen LogP contribution in [0.3, 0.4) is 0 Å². The summed E-state index contributed by atoms with van der Waals surface area (Å²) in [7, 11) is 1.87. The van der Waals surface area contributed by atoms with E-state index in [2.05, 4.69) is 12.1 Å². The molecule has 144 valence electrons. The second-order valence-corrected chi connectivity index (χ2v) is 7.47. The molecule has 1 atom stereocenters. The number of hydrogen-bond donors (Lipinski definition) is 0. The first-order chi connectivity index (χ1) is 13.7. The van der Waals surface area contributed by atoms with Crippen LogP contribution < -0.4 is 0 Å². The highest BCUT2D eigenvalue weighted by Gasteiger charge is 2.16. The summed E-state index contributed by atoms with van der Waals surface area (Å²) in [5.74, 6) is 0.0605. The van der Waals surface area contributed by atoms with Crippen molar-refractivity contribution >= 4 is 16.8 Å². The van der Waals surface area contributed by atoms with Gasteiger partial charge in [0.15, 0.2) is 0 Å². The van der Waals surface area contributed by atoms with E-state index < -0.39 is 0 Å². The van der Waals surface area contributed by atoms with Gasteiger partial charge in [-0.15, -0.1) is 0 Å². The van der Waals surface area contributed by atoms with Crippen LogP contribution in [0.15, 0.2) is 60.7 Å². The summed E-state index contributed by atoms with van der Waals surface area (Å²) >= 11 is 0. The van der Waals surface area contributed by atoms with E-state index in [9.17, 15) is 4.79 Å². The van der Waals surface area contributed by atoms with Gasteiger partial charge < -0.3 is 9.64 Å². The molecule has 0 bridgehead atoms. The molecule has 0 spiro atoms. The van der Waals surface area contributed by atoms with Crippen LogP contribution in [-0.4, -0.2) is 42.1 Å². The molecule has 1 fully saturated rings. The largest absolute Gasteiger partial charge is 0.378 e. The lowest BCUT2D eigenvalue weighted by molar-refractivity contribution is 0.0763. The Hall–Kier alpha value is -2.72. The maximum Gasteiger partial charge on any atom is 0.253 e. The van der Waals surface area contributed by atoms with E-state index in [1.165, 1.54) is 0 Å². The van der Waals surface area contributed by atoms with E-state index in [1.807, 2.05) is 55.6 Å². The van der Waals surface area contributed by atoms with Gasteiger partial charge in [-0.05, 0) is 49.9 Å². The number of nitrogens with zero attached hydrogens (tertiary/aromatic N) is 2. The number of amides is 1. The predicted molar refractivity (Wildman–Crippen MR) is 112 cm³/mol. The molecule has 2 heterocycles. The lowest BCUT2D eigenvalue weighted by atomic mass is 10.1. The van der Waals surface area contributed by atoms with Gasteiger partial charge in [-0.3, -0.25) is 4.79 Å². The molecule has 0 N–H and O–H groups in total. The first kappa shape index (κ1) is 18.6. The standard InChI is InChI=1S/C24H26N2O2/c1-26(16-4-7-21-8-5-17-28-21)24(27)20-12-10-19(11-13-20)23-15-14-18-6-2-3-9-22(18)25-23/h2-3,6,9-15,21H,4-5,7-8,16-17H2,1H3/t21-/m1/s1. The highest BCUT2D eigenvalue weighted by molar-refractivity contribution is 5.94. The maximum atomic E-state index is 12.7. The predicted octanol–water partition coefficient (Wildman–Crippen LogP) is 4.93. The quantitative estimate of drug-likeness (QED) is 0.614. The van der Waals surface area contributed by atoms with Crippen LogP contribution in [0.2, 0.25) is 0 Å². The second kappa shape index (κ2) is 8.53. The molecule has 1 aliphatic rings. The van der Waals surface area contributed by atoms with Crippen LogP contribution in [0.5, 0.6) is 0 Å². The Morgan fingerprint density at radius 2 is 1.93 bits per heavy atom. The van der Waals surface area contributed by atoms with E-state index in [-0.39, 0.29) is 5.91 Å². The molecule has 1 amide bonds. The molecule has 28 heavy (non-hydrogen) atoms. The molecule has 0 saturated carbocycles. The van der Waals surface area contributed by atoms with Gasteiger partial charge in [-0.1, -0.05) is 36.4 Å². The van der Waals surface area contributed by atoms with Crippen LogP contribution in [0, 0.1) is 0 Å². The van der Waals surface area contributed by atoms with Crippen molar-refractivity contribution in [3.8, 4) is 11.3 Å². The van der Waals surface area contributed by atoms with E-state index in [0.717, 1.165) is 61.0 Å². The number of carbonyl (C=O) groups excluding carboxylic acids is 1. The Morgan fingerprint density at radius 1 is 1.11 bits per heavy atom. The van der Waals surface area contributed by atoms with Crippen LogP contribution >= 0.6 is 0 Å². The third-order valence-electron chi connectivity index (χ3n) is 5.42. The monoisotopic (exact) mass is 374 g/mol. The molecular formula is C24H26N2O2. The number of carbonyl (C=O) groups is 1. The van der Waals surface area contributed by atoms with Crippen molar-refractivity contribution in [2.75, 3.05) is 20.2 Å². The summed E-state index contributed by atoms with van der Waals surface area (Å²) in [5, 5.41) is 1.13. The summed E-state index contributed by atoms with van der Waals surface area (Å²) in [6.45, 7) is 1.64. The molecule has 0 unspecified atom stereocenters. The fraction of sp³-hybridized carbons (Fsp3) is 0.333. The molecule has 0 radical (unpaired) electrons. The first-order valence-electron chi connectivity index (χ1n) is 10.0. The number of pyridine rings is 1. The number of fused-ring (bicyclic) bond motifs is 1. The molecule has 1 aliphatic heterocycles. The average Bonchev–Trinajstić information content (AvgIpc) is 3.26. The Morgan fingerprint density at radius 3 is 2.71 bits per heavy atom. The fourth-order valence-corrected chi connectivity index (χ4v) is 3.76. The third kappa shape index (κ3) is 4.23. The van der Waals surface area contributed by atoms with Crippen molar-refractivity contribution in [2.45, 2.75) is 31.8 Å². The summed E-state index contributed by atoms with van der Waals surface area (Å²) in [6, 6.07) is 19.9. The first-order valence-corrected chi connectivity index (χ1v) is 10.0. The number of benzene rings is 2. The molecule has 1 saturated heterocycles. The Labute approximate surface area is 166 Å². The average molecular weight is 374 g/mol. The normalized spacial score (nSPS) is 16.4. The van der Waals surface area contributed by atoms with Crippen molar-refractivity contribution in [3.05, 3.63) is 66.2 Å². The molecule has 4 nitrogen and oxygen atoms in total. The number of rotatable bonds is 6. The molecule has 0 aliphatic carbocycles. The summed E-state index contributed by atoms with van der Waals surface area (Å²) in [5.41, 5.74) is 3.63. The molecule has 4 heteroatoms. The fourth-order valence-electron chi connectivity index (χ4n) is 3.76. The van der Waals surface area contributed by atoms with Gasteiger partial charge in [-0.2, -0.15) is 0 Å². The van der Waals surface area contributed by atoms with Crippen LogP contribution in [0.4, 0.5) is 0 Å². The second-order valence-electron chi connectivity index (χ2n) is 7.47. The zero-order valence-corrected chi connectivity index (χ0v) is 16.3. The summed E-state index contributed by atoms with van der Waals surface area (Å²) in [4.78, 5) is 19.2. The number of hydrogen-bond acceptors (Lipinski definition) is 3. The van der Waals surface area contributed by atoms with Crippen LogP contribution in [0.1, 0.15) is 36.0 Å². The molecule has 2 aromatic carbocycles. The summed E-state index contributed by atoms with van der Waals surface area (Å²) < 4.78 is 5.65. The topological polar surface area (TPSA) is 42.4 Å². The number of aromatic nitrogens is 1. The minimum absolute atomic E-state index is 0.0605. The lowest BCUT2D eigenvalue weighted by Crippen LogP contribution is -2.28. The third-order valence-corrected chi connectivity index (χ3v) is 5.42. The number of para-hydroxylation sites is 1. The Bertz CT molecular complexity index is 946. The van der Waals surface area contributed by atoms with Crippen molar-refractivity contribution in [2.24, 2.45) is 0 Å². The number of ether oxygens (including phenoxy) is 1. The van der Waals surface area contributed by atoms with Gasteiger partial charge in [0.2, 0.25) is 0 Å². The maximum absolute atomic E-state index is 12.7. The Kier molecular flexibility index (Phi) is 5.68. The minimum atomic E-state index is 0.0605. The minimum Gasteiger partial charge on any atom is -0.378 e. The van der Waals surface area contributed by atoms with Crippen LogP contribution in [-0.2, 0) is 4.74 Å².